The van der Waals surface area contributed by atoms with Gasteiger partial charge in [-0.05, 0) is 54.4 Å². The molecule has 3 aromatic rings. The zero-order valence-electron chi connectivity index (χ0n) is 16.3. The molecule has 0 spiro atoms. The Hall–Kier alpha value is -2.86. The first kappa shape index (κ1) is 19.5. The highest BCUT2D eigenvalue weighted by molar-refractivity contribution is 9.10. The van der Waals surface area contributed by atoms with E-state index in [4.69, 9.17) is 9.47 Å². The summed E-state index contributed by atoms with van der Waals surface area (Å²) in [5.74, 6) is 1.33. The summed E-state index contributed by atoms with van der Waals surface area (Å²) in [6, 6.07) is 18.9. The van der Waals surface area contributed by atoms with Crippen LogP contribution >= 0.6 is 15.9 Å². The Morgan fingerprint density at radius 3 is 2.66 bits per heavy atom. The van der Waals surface area contributed by atoms with E-state index in [0.717, 1.165) is 32.6 Å². The van der Waals surface area contributed by atoms with Crippen molar-refractivity contribution >= 4 is 21.8 Å². The van der Waals surface area contributed by atoms with Crippen molar-refractivity contribution in [1.82, 2.24) is 9.88 Å². The van der Waals surface area contributed by atoms with E-state index < -0.39 is 0 Å². The normalized spacial score (nSPS) is 13.9. The number of carbonyl (C=O) groups excluding carboxylic acids is 1. The minimum atomic E-state index is -0.248. The van der Waals surface area contributed by atoms with Crippen LogP contribution in [-0.4, -0.2) is 29.5 Å². The number of nitrogens with zero attached hydrogens (tertiary/aromatic N) is 2. The molecule has 148 valence electrons. The predicted octanol–water partition coefficient (Wildman–Crippen LogP) is 4.94. The van der Waals surface area contributed by atoms with Crippen LogP contribution in [0.4, 0.5) is 0 Å². The number of hydrogen-bond donors (Lipinski definition) is 0. The molecule has 0 radical (unpaired) electrons. The van der Waals surface area contributed by atoms with Gasteiger partial charge in [-0.15, -0.1) is 0 Å². The maximum absolute atomic E-state index is 13.1. The monoisotopic (exact) mass is 452 g/mol. The van der Waals surface area contributed by atoms with Crippen LogP contribution in [0.3, 0.4) is 0 Å². The largest absolute Gasteiger partial charge is 0.497 e. The van der Waals surface area contributed by atoms with E-state index in [1.54, 1.807) is 7.11 Å². The maximum atomic E-state index is 13.1. The average molecular weight is 453 g/mol. The number of amides is 1. The minimum Gasteiger partial charge on any atom is -0.497 e. The molecule has 4 rings (SSSR count). The molecule has 1 aromatic heterocycles. The molecule has 0 bridgehead atoms. The highest BCUT2D eigenvalue weighted by Crippen LogP contribution is 2.33. The van der Waals surface area contributed by atoms with E-state index in [1.165, 1.54) is 0 Å². The van der Waals surface area contributed by atoms with Gasteiger partial charge in [0.15, 0.2) is 0 Å². The predicted molar refractivity (Wildman–Crippen MR) is 114 cm³/mol. The zero-order chi connectivity index (χ0) is 20.4. The SMILES string of the molecule is COc1ccc(C(COc2cccc(C)n2)N2Cc3cc(Br)ccc3C2=O)cc1. The van der Waals surface area contributed by atoms with Crippen LogP contribution in [0.1, 0.15) is 33.2 Å². The van der Waals surface area contributed by atoms with Crippen molar-refractivity contribution in [2.75, 3.05) is 13.7 Å². The lowest BCUT2D eigenvalue weighted by atomic mass is 10.1. The van der Waals surface area contributed by atoms with Crippen molar-refractivity contribution in [2.45, 2.75) is 19.5 Å². The lowest BCUT2D eigenvalue weighted by Crippen LogP contribution is -2.33. The minimum absolute atomic E-state index is 0.00844. The Kier molecular flexibility index (Phi) is 5.53. The number of aryl methyl sites for hydroxylation is 1. The standard InChI is InChI=1S/C23H21BrN2O3/c1-15-4-3-5-22(25-15)29-14-21(16-6-9-19(28-2)10-7-16)26-13-17-12-18(24)8-11-20(17)23(26)27/h3-12,21H,13-14H2,1-2H3. The molecule has 5 nitrogen and oxygen atoms in total. The van der Waals surface area contributed by atoms with Gasteiger partial charge in [0.25, 0.3) is 5.91 Å². The first-order valence-corrected chi connectivity index (χ1v) is 10.1. The molecule has 1 aliphatic heterocycles. The lowest BCUT2D eigenvalue weighted by Gasteiger charge is -2.28. The lowest BCUT2D eigenvalue weighted by molar-refractivity contribution is 0.0632. The Labute approximate surface area is 178 Å². The third-order valence-corrected chi connectivity index (χ3v) is 5.52. The fourth-order valence-electron chi connectivity index (χ4n) is 3.52. The van der Waals surface area contributed by atoms with Crippen LogP contribution in [0.25, 0.3) is 0 Å². The molecule has 1 amide bonds. The molecule has 6 heteroatoms. The summed E-state index contributed by atoms with van der Waals surface area (Å²) in [6.07, 6.45) is 0. The Balaban J connectivity index is 1.63. The summed E-state index contributed by atoms with van der Waals surface area (Å²) >= 11 is 3.49. The summed E-state index contributed by atoms with van der Waals surface area (Å²) < 4.78 is 12.2. The number of rotatable bonds is 6. The number of ether oxygens (including phenoxy) is 2. The highest BCUT2D eigenvalue weighted by Gasteiger charge is 2.34. The van der Waals surface area contributed by atoms with E-state index in [9.17, 15) is 4.79 Å². The van der Waals surface area contributed by atoms with Crippen molar-refractivity contribution in [2.24, 2.45) is 0 Å². The van der Waals surface area contributed by atoms with Gasteiger partial charge in [-0.25, -0.2) is 4.98 Å². The third kappa shape index (κ3) is 4.12. The smallest absolute Gasteiger partial charge is 0.255 e. The van der Waals surface area contributed by atoms with Crippen LogP contribution in [0, 0.1) is 6.92 Å². The van der Waals surface area contributed by atoms with Gasteiger partial charge in [-0.1, -0.05) is 34.1 Å². The van der Waals surface area contributed by atoms with Crippen molar-refractivity contribution in [3.05, 3.63) is 87.5 Å². The van der Waals surface area contributed by atoms with Gasteiger partial charge in [0.05, 0.1) is 13.2 Å². The van der Waals surface area contributed by atoms with Gasteiger partial charge in [-0.2, -0.15) is 0 Å². The van der Waals surface area contributed by atoms with Crippen molar-refractivity contribution in [3.8, 4) is 11.6 Å². The molecule has 0 fully saturated rings. The molecule has 1 atom stereocenters. The van der Waals surface area contributed by atoms with Crippen LogP contribution in [-0.2, 0) is 6.54 Å². The van der Waals surface area contributed by atoms with E-state index in [1.807, 2.05) is 72.5 Å². The number of pyridine rings is 1. The Bertz CT molecular complexity index is 1040. The molecule has 2 heterocycles. The summed E-state index contributed by atoms with van der Waals surface area (Å²) in [4.78, 5) is 19.4. The van der Waals surface area contributed by atoms with E-state index in [0.29, 0.717) is 19.0 Å². The molecule has 29 heavy (non-hydrogen) atoms. The molecule has 1 aliphatic rings. The Morgan fingerprint density at radius 2 is 1.93 bits per heavy atom. The summed E-state index contributed by atoms with van der Waals surface area (Å²) in [7, 11) is 1.64. The quantitative estimate of drug-likeness (QED) is 0.531. The molecular formula is C23H21BrN2O3. The van der Waals surface area contributed by atoms with Gasteiger partial charge in [0.1, 0.15) is 12.4 Å². The molecular weight excluding hydrogens is 432 g/mol. The Morgan fingerprint density at radius 1 is 1.14 bits per heavy atom. The van der Waals surface area contributed by atoms with Gasteiger partial charge in [0.2, 0.25) is 5.88 Å². The van der Waals surface area contributed by atoms with E-state index in [-0.39, 0.29) is 11.9 Å². The number of fused-ring (bicyclic) bond motifs is 1. The summed E-state index contributed by atoms with van der Waals surface area (Å²) in [6.45, 7) is 2.77. The number of hydrogen-bond acceptors (Lipinski definition) is 4. The third-order valence-electron chi connectivity index (χ3n) is 5.03. The second-order valence-electron chi connectivity index (χ2n) is 6.95. The second-order valence-corrected chi connectivity index (χ2v) is 7.87. The summed E-state index contributed by atoms with van der Waals surface area (Å²) in [5, 5.41) is 0. The molecule has 0 N–H and O–H groups in total. The second kappa shape index (κ2) is 8.25. The zero-order valence-corrected chi connectivity index (χ0v) is 17.8. The first-order chi connectivity index (χ1) is 14.0. The van der Waals surface area contributed by atoms with Crippen molar-refractivity contribution < 1.29 is 14.3 Å². The van der Waals surface area contributed by atoms with Gasteiger partial charge < -0.3 is 14.4 Å². The number of aromatic nitrogens is 1. The van der Waals surface area contributed by atoms with Crippen molar-refractivity contribution in [1.29, 1.82) is 0 Å². The fourth-order valence-corrected chi connectivity index (χ4v) is 3.93. The van der Waals surface area contributed by atoms with Crippen LogP contribution in [0.15, 0.2) is 65.1 Å². The summed E-state index contributed by atoms with van der Waals surface area (Å²) in [5.41, 5.74) is 3.62. The molecule has 1 unspecified atom stereocenters. The number of halogens is 1. The van der Waals surface area contributed by atoms with Crippen LogP contribution in [0.2, 0.25) is 0 Å². The number of methoxy groups -OCH3 is 1. The molecule has 0 aliphatic carbocycles. The van der Waals surface area contributed by atoms with E-state index >= 15 is 0 Å². The van der Waals surface area contributed by atoms with Gasteiger partial charge >= 0.3 is 0 Å². The maximum Gasteiger partial charge on any atom is 0.255 e. The average Bonchev–Trinajstić information content (AvgIpc) is 3.04. The fraction of sp³-hybridized carbons (Fsp3) is 0.217. The highest BCUT2D eigenvalue weighted by atomic mass is 79.9. The first-order valence-electron chi connectivity index (χ1n) is 9.35. The van der Waals surface area contributed by atoms with Gasteiger partial charge in [-0.3, -0.25) is 4.79 Å². The molecule has 0 saturated heterocycles. The van der Waals surface area contributed by atoms with Crippen LogP contribution < -0.4 is 9.47 Å². The van der Waals surface area contributed by atoms with Crippen LogP contribution in [0.5, 0.6) is 11.6 Å². The van der Waals surface area contributed by atoms with Gasteiger partial charge in [0, 0.05) is 28.3 Å². The van der Waals surface area contributed by atoms with E-state index in [2.05, 4.69) is 20.9 Å². The van der Waals surface area contributed by atoms with Crippen molar-refractivity contribution in [3.63, 3.8) is 0 Å². The molecule has 0 saturated carbocycles. The topological polar surface area (TPSA) is 51.7 Å². The molecule has 2 aromatic carbocycles. The number of carbonyl (C=O) groups is 1. The number of benzene rings is 2.